The molecule has 0 spiro atoms. The van der Waals surface area contributed by atoms with E-state index in [-0.39, 0.29) is 17.0 Å². The highest BCUT2D eigenvalue weighted by molar-refractivity contribution is 8.93. The van der Waals surface area contributed by atoms with Gasteiger partial charge in [-0.1, -0.05) is 78.3 Å². The van der Waals surface area contributed by atoms with Crippen LogP contribution in [0.1, 0.15) is 0 Å². The van der Waals surface area contributed by atoms with E-state index in [1.807, 2.05) is 30.3 Å². The first kappa shape index (κ1) is 18.6. The summed E-state index contributed by atoms with van der Waals surface area (Å²) in [7, 11) is 0. The number of para-hydroxylation sites is 1. The first-order valence-electron chi connectivity index (χ1n) is 7.92. The monoisotopic (exact) mass is 442 g/mol. The zero-order valence-electron chi connectivity index (χ0n) is 13.7. The van der Waals surface area contributed by atoms with Gasteiger partial charge in [-0.25, -0.2) is 4.98 Å². The van der Waals surface area contributed by atoms with Gasteiger partial charge in [-0.2, -0.15) is 0 Å². The second-order valence-electron chi connectivity index (χ2n) is 5.59. The fraction of sp³-hybridized carbons (Fsp3) is 0. The van der Waals surface area contributed by atoms with E-state index in [4.69, 9.17) is 11.6 Å². The summed E-state index contributed by atoms with van der Waals surface area (Å²) in [5, 5.41) is 6.84. The average Bonchev–Trinajstić information content (AvgIpc) is 3.13. The number of hydrogen-bond donors (Lipinski definition) is 1. The molecule has 1 heterocycles. The lowest BCUT2D eigenvalue weighted by Crippen LogP contribution is -1.90. The summed E-state index contributed by atoms with van der Waals surface area (Å²) in [6, 6.07) is 26.5. The van der Waals surface area contributed by atoms with Crippen molar-refractivity contribution in [2.24, 2.45) is 0 Å². The van der Waals surface area contributed by atoms with Gasteiger partial charge in [-0.15, -0.1) is 28.3 Å². The maximum atomic E-state index is 6.19. The van der Waals surface area contributed by atoms with E-state index < -0.39 is 0 Å². The number of anilines is 2. The molecular weight excluding hydrogens is 428 g/mol. The Balaban J connectivity index is 0.00000196. The molecule has 0 bridgehead atoms. The molecular formula is C21H16BrClN2S. The molecule has 0 aliphatic heterocycles. The number of aromatic nitrogens is 1. The number of benzene rings is 3. The lowest BCUT2D eigenvalue weighted by atomic mass is 10.0. The largest absolute Gasteiger partial charge is 0.330 e. The quantitative estimate of drug-likeness (QED) is 0.354. The zero-order chi connectivity index (χ0) is 17.1. The van der Waals surface area contributed by atoms with Crippen molar-refractivity contribution >= 4 is 50.7 Å². The van der Waals surface area contributed by atoms with Crippen LogP contribution in [0.15, 0.2) is 84.2 Å². The highest BCUT2D eigenvalue weighted by atomic mass is 79.9. The Hall–Kier alpha value is -2.14. The minimum atomic E-state index is 0. The molecule has 0 saturated heterocycles. The van der Waals surface area contributed by atoms with Crippen LogP contribution in [0.5, 0.6) is 0 Å². The van der Waals surface area contributed by atoms with E-state index >= 15 is 0 Å². The lowest BCUT2D eigenvalue weighted by Gasteiger charge is -2.04. The van der Waals surface area contributed by atoms with E-state index in [1.165, 1.54) is 11.1 Å². The Bertz CT molecular complexity index is 984. The van der Waals surface area contributed by atoms with Crippen LogP contribution in [0.25, 0.3) is 22.4 Å². The Labute approximate surface area is 172 Å². The highest BCUT2D eigenvalue weighted by Crippen LogP contribution is 2.31. The zero-order valence-corrected chi connectivity index (χ0v) is 17.0. The smallest absolute Gasteiger partial charge is 0.187 e. The number of nitrogens with zero attached hydrogens (tertiary/aromatic N) is 1. The molecule has 1 aromatic heterocycles. The summed E-state index contributed by atoms with van der Waals surface area (Å²) in [5.74, 6) is 0. The number of nitrogens with one attached hydrogen (secondary N) is 1. The number of hydrogen-bond acceptors (Lipinski definition) is 3. The van der Waals surface area contributed by atoms with Crippen molar-refractivity contribution in [2.75, 3.05) is 5.32 Å². The maximum absolute atomic E-state index is 6.19. The molecule has 0 aliphatic rings. The van der Waals surface area contributed by atoms with Gasteiger partial charge in [0, 0.05) is 10.9 Å². The van der Waals surface area contributed by atoms with Crippen molar-refractivity contribution < 1.29 is 0 Å². The van der Waals surface area contributed by atoms with Gasteiger partial charge < -0.3 is 5.32 Å². The molecule has 0 aliphatic carbocycles. The van der Waals surface area contributed by atoms with Gasteiger partial charge in [0.2, 0.25) is 0 Å². The molecule has 4 rings (SSSR count). The Morgan fingerprint density at radius 2 is 1.35 bits per heavy atom. The van der Waals surface area contributed by atoms with Crippen molar-refractivity contribution in [3.8, 4) is 22.4 Å². The molecule has 0 saturated carbocycles. The predicted octanol–water partition coefficient (Wildman–Crippen LogP) is 7.45. The maximum Gasteiger partial charge on any atom is 0.187 e. The molecule has 4 aromatic rings. The number of halogens is 2. The summed E-state index contributed by atoms with van der Waals surface area (Å²) < 4.78 is 0. The van der Waals surface area contributed by atoms with E-state index in [1.54, 1.807) is 11.3 Å². The van der Waals surface area contributed by atoms with Crippen LogP contribution in [0.4, 0.5) is 10.8 Å². The van der Waals surface area contributed by atoms with Crippen molar-refractivity contribution in [3.63, 3.8) is 0 Å². The van der Waals surface area contributed by atoms with Crippen LogP contribution in [0.2, 0.25) is 5.02 Å². The van der Waals surface area contributed by atoms with Gasteiger partial charge in [-0.3, -0.25) is 0 Å². The second-order valence-corrected chi connectivity index (χ2v) is 6.85. The van der Waals surface area contributed by atoms with Crippen LogP contribution >= 0.6 is 39.9 Å². The van der Waals surface area contributed by atoms with E-state index in [2.05, 4.69) is 64.2 Å². The van der Waals surface area contributed by atoms with Crippen LogP contribution in [0.3, 0.4) is 0 Å². The summed E-state index contributed by atoms with van der Waals surface area (Å²) in [6.45, 7) is 0. The van der Waals surface area contributed by atoms with Crippen molar-refractivity contribution in [1.29, 1.82) is 0 Å². The summed E-state index contributed by atoms with van der Waals surface area (Å²) >= 11 is 7.76. The number of thiazole rings is 1. The standard InChI is InChI=1S/C21H15ClN2S.BrH/c22-18-8-4-5-9-19(18)23-21-24-20(14-25-21)17-12-10-16(11-13-17)15-6-2-1-3-7-15;/h1-14H,(H,23,24);1H. The summed E-state index contributed by atoms with van der Waals surface area (Å²) in [5.41, 5.74) is 5.34. The summed E-state index contributed by atoms with van der Waals surface area (Å²) in [6.07, 6.45) is 0. The Morgan fingerprint density at radius 3 is 2.08 bits per heavy atom. The molecule has 1 N–H and O–H groups in total. The van der Waals surface area contributed by atoms with Gasteiger partial charge in [0.15, 0.2) is 5.13 Å². The highest BCUT2D eigenvalue weighted by Gasteiger charge is 2.07. The minimum Gasteiger partial charge on any atom is -0.330 e. The molecule has 0 radical (unpaired) electrons. The third-order valence-corrected chi connectivity index (χ3v) is 4.99. The van der Waals surface area contributed by atoms with E-state index in [0.717, 1.165) is 22.1 Å². The lowest BCUT2D eigenvalue weighted by molar-refractivity contribution is 1.38. The molecule has 5 heteroatoms. The fourth-order valence-electron chi connectivity index (χ4n) is 2.61. The fourth-order valence-corrected chi connectivity index (χ4v) is 3.52. The van der Waals surface area contributed by atoms with Gasteiger partial charge in [-0.05, 0) is 23.3 Å². The third-order valence-electron chi connectivity index (χ3n) is 3.91. The first-order valence-corrected chi connectivity index (χ1v) is 9.18. The SMILES string of the molecule is Br.Clc1ccccc1Nc1nc(-c2ccc(-c3ccccc3)cc2)cs1. The van der Waals surface area contributed by atoms with Gasteiger partial charge in [0.1, 0.15) is 0 Å². The van der Waals surface area contributed by atoms with Crippen molar-refractivity contribution in [1.82, 2.24) is 4.98 Å². The third kappa shape index (κ3) is 4.15. The molecule has 0 fully saturated rings. The molecule has 2 nitrogen and oxygen atoms in total. The molecule has 26 heavy (non-hydrogen) atoms. The van der Waals surface area contributed by atoms with Crippen molar-refractivity contribution in [2.45, 2.75) is 0 Å². The predicted molar refractivity (Wildman–Crippen MR) is 118 cm³/mol. The second kappa shape index (κ2) is 8.49. The minimum absolute atomic E-state index is 0. The Kier molecular flexibility index (Phi) is 6.09. The summed E-state index contributed by atoms with van der Waals surface area (Å²) in [4.78, 5) is 4.67. The normalized spacial score (nSPS) is 10.2. The topological polar surface area (TPSA) is 24.9 Å². The molecule has 0 atom stereocenters. The van der Waals surface area contributed by atoms with Crippen LogP contribution in [0, 0.1) is 0 Å². The van der Waals surface area contributed by atoms with Crippen LogP contribution in [-0.4, -0.2) is 4.98 Å². The van der Waals surface area contributed by atoms with Gasteiger partial charge in [0.05, 0.1) is 16.4 Å². The molecule has 0 unspecified atom stereocenters. The average molecular weight is 444 g/mol. The Morgan fingerprint density at radius 1 is 0.731 bits per heavy atom. The van der Waals surface area contributed by atoms with E-state index in [9.17, 15) is 0 Å². The molecule has 0 amide bonds. The van der Waals surface area contributed by atoms with Crippen molar-refractivity contribution in [3.05, 3.63) is 89.3 Å². The van der Waals surface area contributed by atoms with Gasteiger partial charge in [0.25, 0.3) is 0 Å². The van der Waals surface area contributed by atoms with Crippen LogP contribution in [-0.2, 0) is 0 Å². The van der Waals surface area contributed by atoms with E-state index in [0.29, 0.717) is 5.02 Å². The first-order chi connectivity index (χ1) is 12.3. The van der Waals surface area contributed by atoms with Crippen LogP contribution < -0.4 is 5.32 Å². The molecule has 130 valence electrons. The number of rotatable bonds is 4. The molecule has 3 aromatic carbocycles. The van der Waals surface area contributed by atoms with Gasteiger partial charge >= 0.3 is 0 Å².